The third kappa shape index (κ3) is 3.37. The van der Waals surface area contributed by atoms with Gasteiger partial charge in [-0.2, -0.15) is 0 Å². The van der Waals surface area contributed by atoms with Crippen LogP contribution < -0.4 is 5.32 Å². The molecule has 1 atom stereocenters. The van der Waals surface area contributed by atoms with E-state index in [1.54, 1.807) is 50.6 Å². The number of hydrogen-bond acceptors (Lipinski definition) is 7. The maximum atomic E-state index is 12.7. The first-order chi connectivity index (χ1) is 14.8. The molecule has 4 rings (SSSR count). The van der Waals surface area contributed by atoms with Crippen LogP contribution in [-0.2, 0) is 21.7 Å². The summed E-state index contributed by atoms with van der Waals surface area (Å²) < 4.78 is 16.5. The van der Waals surface area contributed by atoms with E-state index >= 15 is 0 Å². The van der Waals surface area contributed by atoms with Gasteiger partial charge in [-0.25, -0.2) is 4.99 Å². The van der Waals surface area contributed by atoms with Crippen LogP contribution in [-0.4, -0.2) is 34.5 Å². The van der Waals surface area contributed by atoms with Gasteiger partial charge in [0, 0.05) is 18.9 Å². The molecule has 3 aromatic heterocycles. The average molecular weight is 423 g/mol. The Morgan fingerprint density at radius 3 is 2.35 bits per heavy atom. The third-order valence-corrected chi connectivity index (χ3v) is 5.78. The Morgan fingerprint density at radius 2 is 1.87 bits per heavy atom. The molecule has 2 N–H and O–H groups in total. The molecule has 0 bridgehead atoms. The molecule has 0 spiro atoms. The number of nitrogens with zero attached hydrogens (tertiary/aromatic N) is 2. The van der Waals surface area contributed by atoms with E-state index in [4.69, 9.17) is 13.6 Å². The van der Waals surface area contributed by atoms with Crippen molar-refractivity contribution < 1.29 is 23.5 Å². The van der Waals surface area contributed by atoms with Crippen LogP contribution in [0.5, 0.6) is 0 Å². The van der Waals surface area contributed by atoms with Gasteiger partial charge in [0.2, 0.25) is 5.60 Å². The van der Waals surface area contributed by atoms with Crippen molar-refractivity contribution in [1.29, 1.82) is 0 Å². The van der Waals surface area contributed by atoms with Crippen LogP contribution in [0.3, 0.4) is 0 Å². The molecular formula is C23H25N3O5. The van der Waals surface area contributed by atoms with Crippen molar-refractivity contribution in [1.82, 2.24) is 10.3 Å². The maximum Gasteiger partial charge on any atom is 0.253 e. The molecule has 0 fully saturated rings. The summed E-state index contributed by atoms with van der Waals surface area (Å²) in [5.74, 6) is 0.533. The van der Waals surface area contributed by atoms with Crippen LogP contribution in [0.1, 0.15) is 49.1 Å². The summed E-state index contributed by atoms with van der Waals surface area (Å²) in [7, 11) is 1.58. The zero-order valence-corrected chi connectivity index (χ0v) is 17.9. The van der Waals surface area contributed by atoms with E-state index in [0.717, 1.165) is 5.56 Å². The van der Waals surface area contributed by atoms with E-state index in [1.165, 1.54) is 12.5 Å². The van der Waals surface area contributed by atoms with Gasteiger partial charge in [-0.3, -0.25) is 9.78 Å². The minimum Gasteiger partial charge on any atom is -0.465 e. The first-order valence-corrected chi connectivity index (χ1v) is 10.0. The zero-order valence-electron chi connectivity index (χ0n) is 17.9. The van der Waals surface area contributed by atoms with Crippen LogP contribution in [0.25, 0.3) is 0 Å². The van der Waals surface area contributed by atoms with Gasteiger partial charge < -0.3 is 24.0 Å². The highest BCUT2D eigenvalue weighted by Crippen LogP contribution is 2.40. The van der Waals surface area contributed by atoms with Gasteiger partial charge in [-0.05, 0) is 48.7 Å². The fourth-order valence-electron chi connectivity index (χ4n) is 3.62. The number of aliphatic imine (C=N–C) groups is 1. The molecular weight excluding hydrogens is 398 g/mol. The van der Waals surface area contributed by atoms with Gasteiger partial charge in [0.15, 0.2) is 5.84 Å². The summed E-state index contributed by atoms with van der Waals surface area (Å²) in [6.45, 7) is 5.94. The summed E-state index contributed by atoms with van der Waals surface area (Å²) in [5, 5.41) is 14.8. The number of carbonyl (C=O) groups is 1. The van der Waals surface area contributed by atoms with Crippen molar-refractivity contribution in [3.8, 4) is 0 Å². The number of aromatic nitrogens is 1. The number of furan rings is 2. The second kappa shape index (κ2) is 7.79. The molecule has 0 saturated heterocycles. The molecule has 1 aliphatic rings. The van der Waals surface area contributed by atoms with Gasteiger partial charge in [0.05, 0.1) is 19.1 Å². The number of carbonyl (C=O) groups excluding carboxylic acids is 1. The summed E-state index contributed by atoms with van der Waals surface area (Å²) in [5.41, 5.74) is -1.32. The van der Waals surface area contributed by atoms with Crippen LogP contribution >= 0.6 is 0 Å². The second-order valence-corrected chi connectivity index (χ2v) is 8.05. The second-order valence-electron chi connectivity index (χ2n) is 8.05. The summed E-state index contributed by atoms with van der Waals surface area (Å²) in [6.07, 6.45) is 4.58. The van der Waals surface area contributed by atoms with Gasteiger partial charge in [0.25, 0.3) is 5.91 Å². The van der Waals surface area contributed by atoms with Gasteiger partial charge in [0.1, 0.15) is 22.8 Å². The molecule has 4 heterocycles. The van der Waals surface area contributed by atoms with Gasteiger partial charge in [-0.1, -0.05) is 13.8 Å². The van der Waals surface area contributed by atoms with Crippen molar-refractivity contribution in [3.63, 3.8) is 0 Å². The van der Waals surface area contributed by atoms with Crippen LogP contribution in [0.15, 0.2) is 62.9 Å². The molecule has 0 radical (unpaired) electrons. The molecule has 0 aromatic carbocycles. The molecule has 8 heteroatoms. The number of amides is 1. The molecule has 1 aliphatic heterocycles. The monoisotopic (exact) mass is 423 g/mol. The maximum absolute atomic E-state index is 12.7. The Morgan fingerprint density at radius 1 is 1.23 bits per heavy atom. The lowest BCUT2D eigenvalue weighted by Gasteiger charge is -2.26. The molecule has 162 valence electrons. The van der Waals surface area contributed by atoms with Crippen LogP contribution in [0, 0.1) is 5.92 Å². The van der Waals surface area contributed by atoms with E-state index in [-0.39, 0.29) is 35.8 Å². The lowest BCUT2D eigenvalue weighted by molar-refractivity contribution is -0.124. The smallest absolute Gasteiger partial charge is 0.253 e. The summed E-state index contributed by atoms with van der Waals surface area (Å²) >= 11 is 0. The average Bonchev–Trinajstić information content (AvgIpc) is 3.51. The number of hydrogen-bond donors (Lipinski definition) is 2. The highest BCUT2D eigenvalue weighted by Gasteiger charge is 2.46. The number of nitrogens with one attached hydrogen (secondary N) is 1. The quantitative estimate of drug-likeness (QED) is 0.605. The molecule has 1 unspecified atom stereocenters. The first kappa shape index (κ1) is 21.0. The first-order valence-electron chi connectivity index (χ1n) is 10.0. The Hall–Kier alpha value is -3.23. The van der Waals surface area contributed by atoms with E-state index in [1.807, 2.05) is 13.8 Å². The predicted molar refractivity (Wildman–Crippen MR) is 112 cm³/mol. The topological polar surface area (TPSA) is 110 Å². The minimum atomic E-state index is -1.80. The molecule has 0 saturated carbocycles. The van der Waals surface area contributed by atoms with Crippen molar-refractivity contribution in [2.75, 3.05) is 7.11 Å². The Balaban J connectivity index is 1.97. The number of pyridine rings is 1. The van der Waals surface area contributed by atoms with Crippen molar-refractivity contribution in [2.24, 2.45) is 10.9 Å². The number of rotatable bonds is 7. The highest BCUT2D eigenvalue weighted by atomic mass is 16.5. The Kier molecular flexibility index (Phi) is 5.28. The molecule has 31 heavy (non-hydrogen) atoms. The SMILES string of the molecule is COCc1cnc(C2=NC(C)(C(C)C)C(=O)N2)c(C(O)(c2ccco2)c2ccco2)c1. The van der Waals surface area contributed by atoms with E-state index in [9.17, 15) is 9.90 Å². The molecule has 0 aliphatic carbocycles. The largest absolute Gasteiger partial charge is 0.465 e. The fourth-order valence-corrected chi connectivity index (χ4v) is 3.62. The number of amidine groups is 1. The van der Waals surface area contributed by atoms with Crippen LogP contribution in [0.4, 0.5) is 0 Å². The van der Waals surface area contributed by atoms with Crippen molar-refractivity contribution in [3.05, 3.63) is 77.4 Å². The van der Waals surface area contributed by atoms with Gasteiger partial charge >= 0.3 is 0 Å². The predicted octanol–water partition coefficient (Wildman–Crippen LogP) is 2.99. The number of aliphatic hydroxyl groups is 1. The normalized spacial score (nSPS) is 19.0. The lowest BCUT2D eigenvalue weighted by atomic mass is 9.86. The number of methoxy groups -OCH3 is 1. The Bertz CT molecular complexity index is 1070. The summed E-state index contributed by atoms with van der Waals surface area (Å²) in [6, 6.07) is 8.43. The lowest BCUT2D eigenvalue weighted by Crippen LogP contribution is -2.41. The van der Waals surface area contributed by atoms with Crippen LogP contribution in [0.2, 0.25) is 0 Å². The van der Waals surface area contributed by atoms with E-state index < -0.39 is 11.1 Å². The Labute approximate surface area is 180 Å². The third-order valence-electron chi connectivity index (χ3n) is 5.78. The molecule has 1 amide bonds. The minimum absolute atomic E-state index is 0.0322. The molecule has 3 aromatic rings. The van der Waals surface area contributed by atoms with E-state index in [0.29, 0.717) is 11.3 Å². The van der Waals surface area contributed by atoms with Gasteiger partial charge in [-0.15, -0.1) is 0 Å². The number of ether oxygens (including phenoxy) is 1. The standard InChI is InChI=1S/C23H25N3O5/c1-14(2)22(3)21(27)25-20(26-22)19-16(11-15(12-24-19)13-29-4)23(28,17-7-5-9-30-17)18-8-6-10-31-18/h5-12,14,28H,13H2,1-4H3,(H,25,26,27). The van der Waals surface area contributed by atoms with Crippen molar-refractivity contribution >= 4 is 11.7 Å². The summed E-state index contributed by atoms with van der Waals surface area (Å²) in [4.78, 5) is 22.0. The molecule has 8 nitrogen and oxygen atoms in total. The highest BCUT2D eigenvalue weighted by molar-refractivity contribution is 6.15. The van der Waals surface area contributed by atoms with Crippen molar-refractivity contribution in [2.45, 2.75) is 38.5 Å². The zero-order chi connectivity index (χ0) is 22.2. The fraction of sp³-hybridized carbons (Fsp3) is 0.348. The van der Waals surface area contributed by atoms with E-state index in [2.05, 4.69) is 15.3 Å².